The zero-order valence-corrected chi connectivity index (χ0v) is 6.68. The summed E-state index contributed by atoms with van der Waals surface area (Å²) in [5.41, 5.74) is 5.39. The average molecular weight is 166 g/mol. The van der Waals surface area contributed by atoms with Gasteiger partial charge in [0.2, 0.25) is 0 Å². The fraction of sp³-hybridized carbons (Fsp3) is 0.167. The molecular weight excluding hydrogens is 156 g/mol. The molecule has 0 aliphatic rings. The monoisotopic (exact) mass is 166 g/mol. The molecule has 0 unspecified atom stereocenters. The van der Waals surface area contributed by atoms with Crippen LogP contribution in [0.4, 0.5) is 5.82 Å². The lowest BCUT2D eigenvalue weighted by molar-refractivity contribution is 0.939. The highest BCUT2D eigenvalue weighted by atomic mass is 15.4. The minimum absolute atomic E-state index is 0.417. The molecular formula is C6H10N6. The summed E-state index contributed by atoms with van der Waals surface area (Å²) >= 11 is 0. The molecule has 0 atom stereocenters. The first-order chi connectivity index (χ1) is 5.77. The van der Waals surface area contributed by atoms with Crippen molar-refractivity contribution in [3.8, 4) is 0 Å². The Balaban J connectivity index is 2.96. The zero-order chi connectivity index (χ0) is 8.97. The molecule has 0 aliphatic carbocycles. The quantitative estimate of drug-likeness (QED) is 0.249. The Hall–Kier alpha value is -1.85. The largest absolute Gasteiger partial charge is 0.382 e. The number of nitrogens with zero attached hydrogens (tertiary/aromatic N) is 4. The van der Waals surface area contributed by atoms with Gasteiger partial charge in [0.05, 0.1) is 6.21 Å². The number of aromatic nitrogens is 2. The minimum atomic E-state index is 0.417. The van der Waals surface area contributed by atoms with Gasteiger partial charge in [0.15, 0.2) is 5.84 Å². The molecule has 0 amide bonds. The third-order valence-electron chi connectivity index (χ3n) is 1.22. The minimum Gasteiger partial charge on any atom is -0.382 e. The number of hydrogen-bond donors (Lipinski definition) is 2. The molecule has 0 bridgehead atoms. The molecule has 0 saturated heterocycles. The molecule has 6 nitrogen and oxygen atoms in total. The van der Waals surface area contributed by atoms with Crippen LogP contribution in [0, 0.1) is 0 Å². The molecule has 0 aromatic carbocycles. The summed E-state index contributed by atoms with van der Waals surface area (Å²) in [6, 6.07) is 1.65. The van der Waals surface area contributed by atoms with Gasteiger partial charge in [-0.2, -0.15) is 5.10 Å². The number of hydrogen-bond acceptors (Lipinski definition) is 5. The Bertz CT molecular complexity index is 310. The molecule has 4 N–H and O–H groups in total. The van der Waals surface area contributed by atoms with E-state index in [1.54, 1.807) is 19.3 Å². The van der Waals surface area contributed by atoms with Crippen molar-refractivity contribution in [2.45, 2.75) is 0 Å². The Morgan fingerprint density at radius 1 is 1.75 bits per heavy atom. The van der Waals surface area contributed by atoms with Crippen molar-refractivity contribution in [1.82, 2.24) is 9.78 Å². The second-order valence-corrected chi connectivity index (χ2v) is 2.06. The summed E-state index contributed by atoms with van der Waals surface area (Å²) in [4.78, 5) is 3.76. The molecule has 1 aromatic rings. The van der Waals surface area contributed by atoms with Crippen LogP contribution in [0.15, 0.2) is 22.4 Å². The Labute approximate surface area is 69.6 Å². The van der Waals surface area contributed by atoms with E-state index in [4.69, 9.17) is 11.6 Å². The number of rotatable bonds is 1. The van der Waals surface area contributed by atoms with E-state index in [1.165, 1.54) is 10.9 Å². The molecule has 0 radical (unpaired) electrons. The standard InChI is InChI=1S/C6H10N6/c1-9-4-6(10-8)12-3-2-5(7)11-12/h2-4H,8H2,1H3,(H2,7,11). The smallest absolute Gasteiger partial charge is 0.190 e. The van der Waals surface area contributed by atoms with Crippen LogP contribution in [0.3, 0.4) is 0 Å². The Kier molecular flexibility index (Phi) is 2.42. The van der Waals surface area contributed by atoms with Crippen LogP contribution in [0.2, 0.25) is 0 Å². The first kappa shape index (κ1) is 8.25. The second kappa shape index (κ2) is 3.51. The van der Waals surface area contributed by atoms with E-state index in [9.17, 15) is 0 Å². The molecule has 64 valence electrons. The number of nitrogens with two attached hydrogens (primary N) is 2. The molecule has 1 heterocycles. The first-order valence-electron chi connectivity index (χ1n) is 3.29. The van der Waals surface area contributed by atoms with Gasteiger partial charge in [0, 0.05) is 19.3 Å². The second-order valence-electron chi connectivity index (χ2n) is 2.06. The number of nitrogen functional groups attached to an aromatic ring is 1. The van der Waals surface area contributed by atoms with Crippen molar-refractivity contribution in [1.29, 1.82) is 0 Å². The lowest BCUT2D eigenvalue weighted by Gasteiger charge is -1.96. The predicted octanol–water partition coefficient (Wildman–Crippen LogP) is -0.714. The van der Waals surface area contributed by atoms with Crippen LogP contribution >= 0.6 is 0 Å². The van der Waals surface area contributed by atoms with Crippen LogP contribution in [0.5, 0.6) is 0 Å². The number of anilines is 1. The lowest BCUT2D eigenvalue weighted by Crippen LogP contribution is -2.16. The van der Waals surface area contributed by atoms with E-state index >= 15 is 0 Å². The van der Waals surface area contributed by atoms with Crippen molar-refractivity contribution in [2.75, 3.05) is 12.8 Å². The summed E-state index contributed by atoms with van der Waals surface area (Å²) in [7, 11) is 1.62. The number of hydrazone groups is 1. The fourth-order valence-corrected chi connectivity index (χ4v) is 0.733. The third kappa shape index (κ3) is 1.60. The molecule has 1 aromatic heterocycles. The normalized spacial score (nSPS) is 12.6. The maximum absolute atomic E-state index is 5.39. The van der Waals surface area contributed by atoms with E-state index in [-0.39, 0.29) is 0 Å². The van der Waals surface area contributed by atoms with Gasteiger partial charge in [-0.15, -0.1) is 5.10 Å². The highest BCUT2D eigenvalue weighted by Gasteiger charge is 1.99. The summed E-state index contributed by atoms with van der Waals surface area (Å²) in [6.45, 7) is 0. The topological polar surface area (TPSA) is 94.6 Å². The predicted molar refractivity (Wildman–Crippen MR) is 48.1 cm³/mol. The van der Waals surface area contributed by atoms with E-state index in [1.807, 2.05) is 0 Å². The van der Waals surface area contributed by atoms with Crippen LogP contribution in [-0.4, -0.2) is 28.9 Å². The van der Waals surface area contributed by atoms with Crippen LogP contribution in [-0.2, 0) is 0 Å². The van der Waals surface area contributed by atoms with Crippen LogP contribution in [0.25, 0.3) is 0 Å². The van der Waals surface area contributed by atoms with Gasteiger partial charge >= 0.3 is 0 Å². The van der Waals surface area contributed by atoms with Gasteiger partial charge in [0.25, 0.3) is 0 Å². The van der Waals surface area contributed by atoms with Gasteiger partial charge in [0.1, 0.15) is 5.82 Å². The molecule has 0 spiro atoms. The highest BCUT2D eigenvalue weighted by molar-refractivity contribution is 6.29. The number of aliphatic imine (C=N–C) groups is 1. The average Bonchev–Trinajstić information content (AvgIpc) is 2.47. The molecule has 0 aliphatic heterocycles. The maximum atomic E-state index is 5.39. The van der Waals surface area contributed by atoms with Gasteiger partial charge in [-0.1, -0.05) is 0 Å². The van der Waals surface area contributed by atoms with Crippen molar-refractivity contribution in [2.24, 2.45) is 15.9 Å². The van der Waals surface area contributed by atoms with Gasteiger partial charge in [-0.05, 0) is 0 Å². The van der Waals surface area contributed by atoms with E-state index in [0.717, 1.165) is 0 Å². The molecule has 12 heavy (non-hydrogen) atoms. The van der Waals surface area contributed by atoms with Crippen molar-refractivity contribution < 1.29 is 0 Å². The van der Waals surface area contributed by atoms with Crippen molar-refractivity contribution in [3.05, 3.63) is 12.3 Å². The molecule has 0 fully saturated rings. The van der Waals surface area contributed by atoms with Crippen molar-refractivity contribution >= 4 is 17.9 Å². The van der Waals surface area contributed by atoms with E-state index in [0.29, 0.717) is 11.7 Å². The third-order valence-corrected chi connectivity index (χ3v) is 1.22. The van der Waals surface area contributed by atoms with Crippen molar-refractivity contribution in [3.63, 3.8) is 0 Å². The molecule has 0 saturated carbocycles. The van der Waals surface area contributed by atoms with Gasteiger partial charge in [-0.25, -0.2) is 4.68 Å². The Morgan fingerprint density at radius 3 is 2.92 bits per heavy atom. The van der Waals surface area contributed by atoms with E-state index in [2.05, 4.69) is 15.2 Å². The van der Waals surface area contributed by atoms with Gasteiger partial charge in [-0.3, -0.25) is 4.99 Å². The summed E-state index contributed by atoms with van der Waals surface area (Å²) < 4.78 is 1.45. The highest BCUT2D eigenvalue weighted by Crippen LogP contribution is 1.94. The lowest BCUT2D eigenvalue weighted by atomic mass is 10.6. The summed E-state index contributed by atoms with van der Waals surface area (Å²) in [6.07, 6.45) is 3.15. The molecule has 6 heteroatoms. The van der Waals surface area contributed by atoms with E-state index < -0.39 is 0 Å². The SMILES string of the molecule is CN=CC(=NN)n1ccc(N)n1. The maximum Gasteiger partial charge on any atom is 0.190 e. The Morgan fingerprint density at radius 2 is 2.50 bits per heavy atom. The molecule has 1 rings (SSSR count). The van der Waals surface area contributed by atoms with Gasteiger partial charge < -0.3 is 11.6 Å². The zero-order valence-electron chi connectivity index (χ0n) is 6.68. The summed E-state index contributed by atoms with van der Waals surface area (Å²) in [5.74, 6) is 5.95. The fourth-order valence-electron chi connectivity index (χ4n) is 0.733. The van der Waals surface area contributed by atoms with Crippen LogP contribution in [0.1, 0.15) is 0 Å². The van der Waals surface area contributed by atoms with Crippen LogP contribution < -0.4 is 11.6 Å². The summed E-state index contributed by atoms with van der Waals surface area (Å²) in [5, 5.41) is 7.37. The first-order valence-corrected chi connectivity index (χ1v) is 3.29.